The van der Waals surface area contributed by atoms with E-state index in [0.717, 1.165) is 49.0 Å². The number of carbonyl (C=O) groups is 1. The Morgan fingerprint density at radius 3 is 2.88 bits per heavy atom. The average Bonchev–Trinajstić information content (AvgIpc) is 3.01. The van der Waals surface area contributed by atoms with Crippen LogP contribution in [-0.2, 0) is 11.3 Å². The fraction of sp³-hybridized carbons (Fsp3) is 0.579. The minimum Gasteiger partial charge on any atom is -0.490 e. The predicted octanol–water partition coefficient (Wildman–Crippen LogP) is 1.52. The van der Waals surface area contributed by atoms with Crippen LogP contribution >= 0.6 is 0 Å². The van der Waals surface area contributed by atoms with Crippen LogP contribution in [0.5, 0.6) is 11.5 Å². The first kappa shape index (κ1) is 18.4. The van der Waals surface area contributed by atoms with E-state index in [1.165, 1.54) is 0 Å². The summed E-state index contributed by atoms with van der Waals surface area (Å²) in [6.45, 7) is 5.46. The highest BCUT2D eigenvalue weighted by Crippen LogP contribution is 2.30. The monoisotopic (exact) mass is 360 g/mol. The predicted molar refractivity (Wildman–Crippen MR) is 101 cm³/mol. The molecule has 1 fully saturated rings. The summed E-state index contributed by atoms with van der Waals surface area (Å²) in [4.78, 5) is 18.0. The summed E-state index contributed by atoms with van der Waals surface area (Å²) in [7, 11) is 1.76. The topological polar surface area (TPSA) is 75.2 Å². The van der Waals surface area contributed by atoms with E-state index in [0.29, 0.717) is 26.2 Å². The lowest BCUT2D eigenvalue weighted by atomic mass is 10.2. The summed E-state index contributed by atoms with van der Waals surface area (Å²) in [5.41, 5.74) is 1.10. The zero-order valence-electron chi connectivity index (χ0n) is 15.6. The van der Waals surface area contributed by atoms with Crippen molar-refractivity contribution in [1.82, 2.24) is 15.5 Å². The highest BCUT2D eigenvalue weighted by atomic mass is 16.5. The summed E-state index contributed by atoms with van der Waals surface area (Å²) in [5, 5.41) is 6.74. The third-order valence-electron chi connectivity index (χ3n) is 4.68. The molecule has 1 aromatic carbocycles. The molecule has 0 bridgehead atoms. The van der Waals surface area contributed by atoms with Crippen molar-refractivity contribution >= 4 is 11.9 Å². The van der Waals surface area contributed by atoms with Gasteiger partial charge < -0.3 is 25.0 Å². The van der Waals surface area contributed by atoms with Gasteiger partial charge in [-0.05, 0) is 24.1 Å². The molecule has 0 radical (unpaired) electrons. The van der Waals surface area contributed by atoms with Crippen LogP contribution in [-0.4, -0.2) is 56.2 Å². The molecule has 2 aliphatic rings. The number of aliphatic imine (C=N–C) groups is 1. The van der Waals surface area contributed by atoms with Crippen LogP contribution in [0.3, 0.4) is 0 Å². The number of benzene rings is 1. The zero-order chi connectivity index (χ0) is 18.4. The van der Waals surface area contributed by atoms with E-state index >= 15 is 0 Å². The Bertz CT molecular complexity index is 662. The quantitative estimate of drug-likeness (QED) is 0.629. The Kier molecular flexibility index (Phi) is 6.20. The molecular formula is C19H28N4O3. The molecule has 0 aliphatic carbocycles. The minimum atomic E-state index is 0.212. The van der Waals surface area contributed by atoms with Crippen molar-refractivity contribution in [3.63, 3.8) is 0 Å². The maximum atomic E-state index is 11.8. The number of fused-ring (bicyclic) bond motifs is 1. The Hall–Kier alpha value is -2.44. The van der Waals surface area contributed by atoms with Crippen LogP contribution in [0.4, 0.5) is 0 Å². The first-order chi connectivity index (χ1) is 12.7. The fourth-order valence-corrected chi connectivity index (χ4v) is 3.22. The Morgan fingerprint density at radius 2 is 2.12 bits per heavy atom. The van der Waals surface area contributed by atoms with Gasteiger partial charge in [0, 0.05) is 45.6 Å². The molecule has 142 valence electrons. The van der Waals surface area contributed by atoms with E-state index in [-0.39, 0.29) is 11.9 Å². The van der Waals surface area contributed by atoms with Crippen molar-refractivity contribution in [2.75, 3.05) is 33.4 Å². The molecular weight excluding hydrogens is 332 g/mol. The molecule has 2 aliphatic heterocycles. The second-order valence-electron chi connectivity index (χ2n) is 6.58. The molecule has 1 amide bonds. The maximum Gasteiger partial charge on any atom is 0.222 e. The van der Waals surface area contributed by atoms with Gasteiger partial charge in [0.05, 0.1) is 13.2 Å². The molecule has 0 aromatic heterocycles. The molecule has 1 atom stereocenters. The number of nitrogens with zero attached hydrogens (tertiary/aromatic N) is 2. The number of hydrogen-bond acceptors (Lipinski definition) is 4. The summed E-state index contributed by atoms with van der Waals surface area (Å²) < 4.78 is 11.4. The van der Waals surface area contributed by atoms with Gasteiger partial charge in [0.2, 0.25) is 5.91 Å². The second kappa shape index (κ2) is 8.78. The number of likely N-dealkylation sites (tertiary alicyclic amines) is 1. The van der Waals surface area contributed by atoms with Crippen LogP contribution in [0.2, 0.25) is 0 Å². The van der Waals surface area contributed by atoms with Gasteiger partial charge in [0.25, 0.3) is 0 Å². The molecule has 7 nitrogen and oxygen atoms in total. The second-order valence-corrected chi connectivity index (χ2v) is 6.58. The fourth-order valence-electron chi connectivity index (χ4n) is 3.22. The largest absolute Gasteiger partial charge is 0.490 e. The van der Waals surface area contributed by atoms with Gasteiger partial charge in [-0.2, -0.15) is 0 Å². The number of amides is 1. The number of rotatable bonds is 4. The van der Waals surface area contributed by atoms with E-state index in [2.05, 4.69) is 15.6 Å². The molecule has 1 aromatic rings. The van der Waals surface area contributed by atoms with Crippen LogP contribution in [0.1, 0.15) is 31.7 Å². The van der Waals surface area contributed by atoms with Gasteiger partial charge in [-0.3, -0.25) is 9.79 Å². The highest BCUT2D eigenvalue weighted by Gasteiger charge is 2.25. The van der Waals surface area contributed by atoms with Crippen molar-refractivity contribution in [2.45, 2.75) is 38.8 Å². The highest BCUT2D eigenvalue weighted by molar-refractivity contribution is 5.80. The number of carbonyl (C=O) groups excluding carboxylic acids is 1. The van der Waals surface area contributed by atoms with Crippen LogP contribution in [0.15, 0.2) is 23.2 Å². The van der Waals surface area contributed by atoms with Crippen LogP contribution < -0.4 is 20.1 Å². The summed E-state index contributed by atoms with van der Waals surface area (Å²) in [6, 6.07) is 6.24. The number of nitrogens with one attached hydrogen (secondary N) is 2. The van der Waals surface area contributed by atoms with Gasteiger partial charge in [-0.25, -0.2) is 0 Å². The van der Waals surface area contributed by atoms with E-state index in [1.807, 2.05) is 30.0 Å². The summed E-state index contributed by atoms with van der Waals surface area (Å²) in [6.07, 6.45) is 2.40. The van der Waals surface area contributed by atoms with E-state index in [4.69, 9.17) is 9.47 Å². The minimum absolute atomic E-state index is 0.212. The number of guanidine groups is 1. The maximum absolute atomic E-state index is 11.8. The van der Waals surface area contributed by atoms with E-state index in [9.17, 15) is 4.79 Å². The van der Waals surface area contributed by atoms with Gasteiger partial charge in [0.15, 0.2) is 17.5 Å². The Labute approximate surface area is 154 Å². The SMILES string of the molecule is CCC(=O)N1CCC(NC(=NC)NCc2ccc3c(c2)OCCCO3)C1. The van der Waals surface area contributed by atoms with Gasteiger partial charge in [0.1, 0.15) is 0 Å². The first-order valence-electron chi connectivity index (χ1n) is 9.33. The Morgan fingerprint density at radius 1 is 1.31 bits per heavy atom. The van der Waals surface area contributed by atoms with Gasteiger partial charge in [-0.1, -0.05) is 13.0 Å². The molecule has 3 rings (SSSR count). The Balaban J connectivity index is 1.52. The standard InChI is InChI=1S/C19H28N4O3/c1-3-18(24)23-8-7-15(13-23)22-19(20-2)21-12-14-5-6-16-17(11-14)26-10-4-9-25-16/h5-6,11,15H,3-4,7-10,12-13H2,1-2H3,(H2,20,21,22). The van der Waals surface area contributed by atoms with Crippen molar-refractivity contribution in [3.8, 4) is 11.5 Å². The van der Waals surface area contributed by atoms with Crippen LogP contribution in [0, 0.1) is 0 Å². The summed E-state index contributed by atoms with van der Waals surface area (Å²) >= 11 is 0. The molecule has 1 unspecified atom stereocenters. The molecule has 2 N–H and O–H groups in total. The lowest BCUT2D eigenvalue weighted by molar-refractivity contribution is -0.129. The lowest BCUT2D eigenvalue weighted by Gasteiger charge is -2.19. The van der Waals surface area contributed by atoms with Gasteiger partial charge >= 0.3 is 0 Å². The lowest BCUT2D eigenvalue weighted by Crippen LogP contribution is -2.44. The smallest absolute Gasteiger partial charge is 0.222 e. The van der Waals surface area contributed by atoms with Crippen molar-refractivity contribution < 1.29 is 14.3 Å². The molecule has 0 spiro atoms. The summed E-state index contributed by atoms with van der Waals surface area (Å²) in [5.74, 6) is 2.56. The number of ether oxygens (including phenoxy) is 2. The normalized spacial score (nSPS) is 19.8. The molecule has 7 heteroatoms. The van der Waals surface area contributed by atoms with Crippen molar-refractivity contribution in [3.05, 3.63) is 23.8 Å². The third-order valence-corrected chi connectivity index (χ3v) is 4.68. The molecule has 2 heterocycles. The average molecular weight is 360 g/mol. The first-order valence-corrected chi connectivity index (χ1v) is 9.33. The van der Waals surface area contributed by atoms with Crippen LogP contribution in [0.25, 0.3) is 0 Å². The zero-order valence-corrected chi connectivity index (χ0v) is 15.6. The van der Waals surface area contributed by atoms with E-state index < -0.39 is 0 Å². The third kappa shape index (κ3) is 4.59. The van der Waals surface area contributed by atoms with Crippen molar-refractivity contribution in [1.29, 1.82) is 0 Å². The molecule has 0 saturated carbocycles. The van der Waals surface area contributed by atoms with Crippen molar-refractivity contribution in [2.24, 2.45) is 4.99 Å². The molecule has 1 saturated heterocycles. The number of hydrogen-bond donors (Lipinski definition) is 2. The molecule has 26 heavy (non-hydrogen) atoms. The van der Waals surface area contributed by atoms with Gasteiger partial charge in [-0.15, -0.1) is 0 Å². The van der Waals surface area contributed by atoms with E-state index in [1.54, 1.807) is 7.05 Å².